The number of ether oxygens (including phenoxy) is 1. The molecule has 4 nitrogen and oxygen atoms in total. The number of carboxylic acids is 1. The van der Waals surface area contributed by atoms with Gasteiger partial charge in [-0.3, -0.25) is 4.79 Å². The predicted molar refractivity (Wildman–Crippen MR) is 49.5 cm³/mol. The van der Waals surface area contributed by atoms with Crippen LogP contribution < -0.4 is 4.74 Å². The van der Waals surface area contributed by atoms with E-state index in [0.29, 0.717) is 6.29 Å². The van der Waals surface area contributed by atoms with Crippen LogP contribution in [0.2, 0.25) is 0 Å². The lowest BCUT2D eigenvalue weighted by molar-refractivity contribution is -0.144. The second-order valence-corrected chi connectivity index (χ2v) is 2.91. The second kappa shape index (κ2) is 4.54. The van der Waals surface area contributed by atoms with Gasteiger partial charge in [-0.25, -0.2) is 9.18 Å². The molecule has 1 N–H and O–H groups in total. The van der Waals surface area contributed by atoms with E-state index in [1.807, 2.05) is 0 Å². The monoisotopic (exact) mass is 212 g/mol. The molecule has 0 spiro atoms. The van der Waals surface area contributed by atoms with Crippen molar-refractivity contribution in [2.24, 2.45) is 0 Å². The van der Waals surface area contributed by atoms with E-state index in [4.69, 9.17) is 9.84 Å². The van der Waals surface area contributed by atoms with Crippen LogP contribution in [0.4, 0.5) is 4.39 Å². The standard InChI is InChI=1S/C10H9FO4/c1-6(10(13)14)15-9-3-2-7(5-12)4-8(9)11/h2-6H,1H3,(H,13,14)/t6-/m0/s1. The molecular weight excluding hydrogens is 203 g/mol. The maximum absolute atomic E-state index is 13.2. The highest BCUT2D eigenvalue weighted by molar-refractivity contribution is 5.75. The molecule has 0 radical (unpaired) electrons. The fourth-order valence-electron chi connectivity index (χ4n) is 0.927. The summed E-state index contributed by atoms with van der Waals surface area (Å²) in [6, 6.07) is 3.55. The van der Waals surface area contributed by atoms with Crippen LogP contribution in [0.5, 0.6) is 5.75 Å². The van der Waals surface area contributed by atoms with Crippen LogP contribution >= 0.6 is 0 Å². The van der Waals surface area contributed by atoms with Crippen LogP contribution in [0, 0.1) is 5.82 Å². The van der Waals surface area contributed by atoms with Crippen molar-refractivity contribution < 1.29 is 23.8 Å². The van der Waals surface area contributed by atoms with Gasteiger partial charge in [0.1, 0.15) is 6.29 Å². The van der Waals surface area contributed by atoms with Crippen LogP contribution in [0.15, 0.2) is 18.2 Å². The number of carbonyl (C=O) groups is 2. The molecule has 0 bridgehead atoms. The van der Waals surface area contributed by atoms with Gasteiger partial charge < -0.3 is 9.84 Å². The summed E-state index contributed by atoms with van der Waals surface area (Å²) in [5.41, 5.74) is 0.169. The third-order valence-electron chi connectivity index (χ3n) is 1.74. The third kappa shape index (κ3) is 2.77. The smallest absolute Gasteiger partial charge is 0.344 e. The molecule has 0 saturated heterocycles. The Morgan fingerprint density at radius 2 is 2.27 bits per heavy atom. The minimum absolute atomic E-state index is 0.169. The molecule has 1 aromatic rings. The Hall–Kier alpha value is -1.91. The minimum Gasteiger partial charge on any atom is -0.479 e. The number of rotatable bonds is 4. The van der Waals surface area contributed by atoms with Crippen molar-refractivity contribution in [2.45, 2.75) is 13.0 Å². The van der Waals surface area contributed by atoms with Crippen molar-refractivity contribution in [3.05, 3.63) is 29.6 Å². The van der Waals surface area contributed by atoms with Crippen molar-refractivity contribution in [2.75, 3.05) is 0 Å². The Morgan fingerprint density at radius 1 is 1.60 bits per heavy atom. The summed E-state index contributed by atoms with van der Waals surface area (Å²) in [4.78, 5) is 20.7. The first-order chi connectivity index (χ1) is 7.04. The minimum atomic E-state index is -1.19. The van der Waals surface area contributed by atoms with Gasteiger partial charge in [0.05, 0.1) is 0 Å². The predicted octanol–water partition coefficient (Wildman–Crippen LogP) is 1.49. The van der Waals surface area contributed by atoms with Gasteiger partial charge in [0.15, 0.2) is 17.7 Å². The SMILES string of the molecule is C[C@H](Oc1ccc(C=O)cc1F)C(=O)O. The number of aldehydes is 1. The Bertz CT molecular complexity index is 389. The molecule has 1 aromatic carbocycles. The number of aliphatic carboxylic acids is 1. The van der Waals surface area contributed by atoms with E-state index in [-0.39, 0.29) is 11.3 Å². The average Bonchev–Trinajstić information content (AvgIpc) is 2.20. The lowest BCUT2D eigenvalue weighted by Gasteiger charge is -2.10. The average molecular weight is 212 g/mol. The molecule has 0 aliphatic rings. The molecule has 0 unspecified atom stereocenters. The zero-order valence-corrected chi connectivity index (χ0v) is 7.94. The summed E-state index contributed by atoms with van der Waals surface area (Å²) >= 11 is 0. The number of halogens is 1. The zero-order valence-electron chi connectivity index (χ0n) is 7.94. The quantitative estimate of drug-likeness (QED) is 0.768. The van der Waals surface area contributed by atoms with Crippen LogP contribution in [0.1, 0.15) is 17.3 Å². The lowest BCUT2D eigenvalue weighted by Crippen LogP contribution is -2.23. The molecule has 0 saturated carbocycles. The van der Waals surface area contributed by atoms with E-state index >= 15 is 0 Å². The Morgan fingerprint density at radius 3 is 2.73 bits per heavy atom. The fraction of sp³-hybridized carbons (Fsp3) is 0.200. The number of hydrogen-bond donors (Lipinski definition) is 1. The van der Waals surface area contributed by atoms with Crippen LogP contribution in [0.3, 0.4) is 0 Å². The summed E-state index contributed by atoms with van der Waals surface area (Å²) in [6.07, 6.45) is -0.644. The number of benzene rings is 1. The van der Waals surface area contributed by atoms with Gasteiger partial charge in [-0.15, -0.1) is 0 Å². The Labute approximate surface area is 85.3 Å². The molecule has 0 aromatic heterocycles. The molecule has 0 heterocycles. The van der Waals surface area contributed by atoms with Crippen molar-refractivity contribution in [3.63, 3.8) is 0 Å². The van der Waals surface area contributed by atoms with Gasteiger partial charge in [0.25, 0.3) is 0 Å². The van der Waals surface area contributed by atoms with Gasteiger partial charge >= 0.3 is 5.97 Å². The lowest BCUT2D eigenvalue weighted by atomic mass is 10.2. The van der Waals surface area contributed by atoms with E-state index in [9.17, 15) is 14.0 Å². The molecule has 80 valence electrons. The summed E-state index contributed by atoms with van der Waals surface area (Å²) in [6.45, 7) is 1.29. The van der Waals surface area contributed by atoms with Crippen LogP contribution in [-0.4, -0.2) is 23.5 Å². The summed E-state index contributed by atoms with van der Waals surface area (Å²) in [5.74, 6) is -2.13. The highest BCUT2D eigenvalue weighted by atomic mass is 19.1. The van der Waals surface area contributed by atoms with Gasteiger partial charge in [0, 0.05) is 5.56 Å². The van der Waals surface area contributed by atoms with E-state index in [0.717, 1.165) is 6.07 Å². The zero-order chi connectivity index (χ0) is 11.4. The maximum Gasteiger partial charge on any atom is 0.344 e. The van der Waals surface area contributed by atoms with Gasteiger partial charge in [-0.05, 0) is 25.1 Å². The third-order valence-corrected chi connectivity index (χ3v) is 1.74. The van der Waals surface area contributed by atoms with E-state index in [1.165, 1.54) is 19.1 Å². The summed E-state index contributed by atoms with van der Waals surface area (Å²) in [7, 11) is 0. The topological polar surface area (TPSA) is 63.6 Å². The van der Waals surface area contributed by atoms with Crippen molar-refractivity contribution in [1.82, 2.24) is 0 Å². The van der Waals surface area contributed by atoms with Crippen molar-refractivity contribution in [3.8, 4) is 5.75 Å². The van der Waals surface area contributed by atoms with E-state index in [1.54, 1.807) is 0 Å². The highest BCUT2D eigenvalue weighted by Crippen LogP contribution is 2.18. The van der Waals surface area contributed by atoms with Crippen molar-refractivity contribution >= 4 is 12.3 Å². The molecule has 1 atom stereocenters. The molecule has 1 rings (SSSR count). The molecule has 0 amide bonds. The summed E-state index contributed by atoms with van der Waals surface area (Å²) < 4.78 is 18.0. The normalized spacial score (nSPS) is 11.9. The largest absolute Gasteiger partial charge is 0.479 e. The fourth-order valence-corrected chi connectivity index (χ4v) is 0.927. The van der Waals surface area contributed by atoms with E-state index in [2.05, 4.69) is 0 Å². The Balaban J connectivity index is 2.87. The van der Waals surface area contributed by atoms with E-state index < -0.39 is 17.9 Å². The van der Waals surface area contributed by atoms with Crippen LogP contribution in [-0.2, 0) is 4.79 Å². The summed E-state index contributed by atoms with van der Waals surface area (Å²) in [5, 5.41) is 8.53. The maximum atomic E-state index is 13.2. The van der Waals surface area contributed by atoms with Gasteiger partial charge in [-0.2, -0.15) is 0 Å². The number of carbonyl (C=O) groups excluding carboxylic acids is 1. The molecule has 15 heavy (non-hydrogen) atoms. The molecule has 0 aliphatic carbocycles. The van der Waals surface area contributed by atoms with Gasteiger partial charge in [0.2, 0.25) is 0 Å². The second-order valence-electron chi connectivity index (χ2n) is 2.91. The Kier molecular flexibility index (Phi) is 3.38. The first-order valence-corrected chi connectivity index (χ1v) is 4.18. The highest BCUT2D eigenvalue weighted by Gasteiger charge is 2.14. The first kappa shape index (κ1) is 11.2. The first-order valence-electron chi connectivity index (χ1n) is 4.18. The molecule has 0 aliphatic heterocycles. The number of carboxylic acid groups (broad SMARTS) is 1. The van der Waals surface area contributed by atoms with Gasteiger partial charge in [-0.1, -0.05) is 0 Å². The van der Waals surface area contributed by atoms with Crippen molar-refractivity contribution in [1.29, 1.82) is 0 Å². The number of hydrogen-bond acceptors (Lipinski definition) is 3. The molecule has 5 heteroatoms. The molecular formula is C10H9FO4. The van der Waals surface area contributed by atoms with Crippen LogP contribution in [0.25, 0.3) is 0 Å². The molecule has 0 fully saturated rings.